The Hall–Kier alpha value is -2.94. The van der Waals surface area contributed by atoms with E-state index in [9.17, 15) is 9.59 Å². The summed E-state index contributed by atoms with van der Waals surface area (Å²) in [5, 5.41) is 2.37. The molecule has 0 aromatic heterocycles. The summed E-state index contributed by atoms with van der Waals surface area (Å²) >= 11 is 0. The zero-order valence-electron chi connectivity index (χ0n) is 19.3. The first-order chi connectivity index (χ1) is 14.7. The van der Waals surface area contributed by atoms with E-state index in [4.69, 9.17) is 0 Å². The van der Waals surface area contributed by atoms with Crippen molar-refractivity contribution in [1.29, 1.82) is 0 Å². The van der Waals surface area contributed by atoms with Crippen molar-refractivity contribution in [2.45, 2.75) is 60.3 Å². The molecule has 0 fully saturated rings. The van der Waals surface area contributed by atoms with Gasteiger partial charge in [0.1, 0.15) is 0 Å². The van der Waals surface area contributed by atoms with Gasteiger partial charge < -0.3 is 0 Å². The van der Waals surface area contributed by atoms with Crippen LogP contribution in [0.2, 0.25) is 0 Å². The number of fused-ring (bicyclic) bond motifs is 1. The molecule has 1 heterocycles. The molecule has 1 aliphatic carbocycles. The molecule has 2 aliphatic rings. The van der Waals surface area contributed by atoms with Crippen LogP contribution in [0.3, 0.4) is 0 Å². The van der Waals surface area contributed by atoms with Crippen molar-refractivity contribution in [3.8, 4) is 0 Å². The molecule has 0 spiro atoms. The van der Waals surface area contributed by atoms with E-state index in [0.717, 1.165) is 11.1 Å². The fourth-order valence-electron chi connectivity index (χ4n) is 4.43. The summed E-state index contributed by atoms with van der Waals surface area (Å²) < 4.78 is 0. The average molecular weight is 416 g/mol. The lowest BCUT2D eigenvalue weighted by Gasteiger charge is -2.32. The number of imide groups is 1. The van der Waals surface area contributed by atoms with Crippen LogP contribution in [0.25, 0.3) is 0 Å². The van der Waals surface area contributed by atoms with Crippen LogP contribution >= 0.6 is 0 Å². The molecule has 0 saturated carbocycles. The summed E-state index contributed by atoms with van der Waals surface area (Å²) in [6.07, 6.45) is 17.2. The molecule has 0 atom stereocenters. The van der Waals surface area contributed by atoms with E-state index in [-0.39, 0.29) is 17.2 Å². The molecule has 3 heteroatoms. The van der Waals surface area contributed by atoms with Gasteiger partial charge in [0, 0.05) is 0 Å². The Labute approximate surface area is 186 Å². The van der Waals surface area contributed by atoms with Gasteiger partial charge in [-0.3, -0.25) is 14.9 Å². The first kappa shape index (κ1) is 22.7. The summed E-state index contributed by atoms with van der Waals surface area (Å²) in [5.41, 5.74) is 7.43. The lowest BCUT2D eigenvalue weighted by Crippen LogP contribution is -2.20. The highest BCUT2D eigenvalue weighted by molar-refractivity contribution is 6.22. The zero-order valence-corrected chi connectivity index (χ0v) is 19.3. The van der Waals surface area contributed by atoms with Crippen LogP contribution < -0.4 is 5.32 Å². The van der Waals surface area contributed by atoms with E-state index < -0.39 is 0 Å². The quantitative estimate of drug-likeness (QED) is 0.418. The van der Waals surface area contributed by atoms with Gasteiger partial charge >= 0.3 is 0 Å². The van der Waals surface area contributed by atoms with Crippen molar-refractivity contribution >= 4 is 11.8 Å². The van der Waals surface area contributed by atoms with Crippen molar-refractivity contribution in [3.05, 3.63) is 93.6 Å². The number of nitrogens with one attached hydrogen (secondary N) is 1. The van der Waals surface area contributed by atoms with E-state index in [0.29, 0.717) is 17.5 Å². The smallest absolute Gasteiger partial charge is 0.259 e. The molecule has 3 rings (SSSR count). The molecule has 1 aromatic rings. The maximum Gasteiger partial charge on any atom is 0.259 e. The monoisotopic (exact) mass is 415 g/mol. The van der Waals surface area contributed by atoms with E-state index in [1.54, 1.807) is 6.07 Å². The molecule has 0 bridgehead atoms. The van der Waals surface area contributed by atoms with Crippen molar-refractivity contribution in [3.63, 3.8) is 0 Å². The van der Waals surface area contributed by atoms with Gasteiger partial charge in [-0.25, -0.2) is 0 Å². The Bertz CT molecular complexity index is 1040. The Kier molecular flexibility index (Phi) is 6.94. The fourth-order valence-corrected chi connectivity index (χ4v) is 4.43. The van der Waals surface area contributed by atoms with Crippen molar-refractivity contribution in [1.82, 2.24) is 5.32 Å². The summed E-state index contributed by atoms with van der Waals surface area (Å²) in [6, 6.07) is 5.43. The summed E-state index contributed by atoms with van der Waals surface area (Å²) in [6.45, 7) is 11.1. The lowest BCUT2D eigenvalue weighted by molar-refractivity contribution is 0.0879. The van der Waals surface area contributed by atoms with E-state index in [1.165, 1.54) is 36.0 Å². The molecular weight excluding hydrogens is 382 g/mol. The van der Waals surface area contributed by atoms with Gasteiger partial charge in [-0.2, -0.15) is 0 Å². The first-order valence-electron chi connectivity index (χ1n) is 11.1. The third-order valence-corrected chi connectivity index (χ3v) is 6.27. The van der Waals surface area contributed by atoms with Crippen LogP contribution in [-0.2, 0) is 6.42 Å². The van der Waals surface area contributed by atoms with Crippen molar-refractivity contribution in [2.24, 2.45) is 5.41 Å². The van der Waals surface area contributed by atoms with Crippen LogP contribution in [0.15, 0.2) is 76.9 Å². The minimum atomic E-state index is -0.307. The second kappa shape index (κ2) is 9.47. The number of carbonyl (C=O) groups excluding carboxylic acids is 2. The van der Waals surface area contributed by atoms with Gasteiger partial charge in [0.25, 0.3) is 11.8 Å². The number of hydrogen-bond donors (Lipinski definition) is 1. The number of rotatable bonds is 6. The third kappa shape index (κ3) is 5.41. The van der Waals surface area contributed by atoms with Gasteiger partial charge in [-0.15, -0.1) is 0 Å². The SMILES string of the molecule is CC1=C(/C=C/C(C)=C/C=C/C(C)=C/Cc2cccc3c2C(=O)NC3=O)C(C)(C)CCC1. The first-order valence-corrected chi connectivity index (χ1v) is 11.1. The normalized spacial score (nSPS) is 19.5. The van der Waals surface area contributed by atoms with Crippen LogP contribution in [0.5, 0.6) is 0 Å². The summed E-state index contributed by atoms with van der Waals surface area (Å²) in [4.78, 5) is 23.8. The molecule has 1 N–H and O–H groups in total. The molecular formula is C28H33NO2. The van der Waals surface area contributed by atoms with E-state index >= 15 is 0 Å². The Morgan fingerprint density at radius 2 is 1.87 bits per heavy atom. The lowest BCUT2D eigenvalue weighted by atomic mass is 9.72. The number of benzene rings is 1. The zero-order chi connectivity index (χ0) is 22.6. The maximum absolute atomic E-state index is 12.0. The average Bonchev–Trinajstić information content (AvgIpc) is 3.00. The molecule has 0 radical (unpaired) electrons. The molecule has 2 amide bonds. The van der Waals surface area contributed by atoms with Crippen LogP contribution in [-0.4, -0.2) is 11.8 Å². The predicted octanol–water partition coefficient (Wildman–Crippen LogP) is 6.64. The second-order valence-electron chi connectivity index (χ2n) is 9.31. The summed E-state index contributed by atoms with van der Waals surface area (Å²) in [5.74, 6) is -0.604. The van der Waals surface area contributed by atoms with Gasteiger partial charge in [0.15, 0.2) is 0 Å². The molecule has 0 unspecified atom stereocenters. The largest absolute Gasteiger partial charge is 0.288 e. The van der Waals surface area contributed by atoms with E-state index in [2.05, 4.69) is 69.5 Å². The van der Waals surface area contributed by atoms with E-state index in [1.807, 2.05) is 19.1 Å². The third-order valence-electron chi connectivity index (χ3n) is 6.27. The Balaban J connectivity index is 1.65. The fraction of sp³-hybridized carbons (Fsp3) is 0.357. The standard InChI is InChI=1S/C28H33NO2/c1-19(14-16-22-12-7-13-23-25(22)27(31)29-26(23)30)9-6-10-20(2)15-17-24-21(3)11-8-18-28(24,4)5/h6-7,9-10,12-15,17H,8,11,16,18H2,1-5H3,(H,29,30,31)/b9-6+,17-15+,19-14+,20-10+. The van der Waals surface area contributed by atoms with Crippen molar-refractivity contribution < 1.29 is 9.59 Å². The number of carbonyl (C=O) groups is 2. The highest BCUT2D eigenvalue weighted by Gasteiger charge is 2.28. The van der Waals surface area contributed by atoms with Crippen LogP contribution in [0, 0.1) is 5.41 Å². The highest BCUT2D eigenvalue weighted by atomic mass is 16.2. The molecule has 0 saturated heterocycles. The summed E-state index contributed by atoms with van der Waals surface area (Å²) in [7, 11) is 0. The maximum atomic E-state index is 12.0. The molecule has 162 valence electrons. The van der Waals surface area contributed by atoms with Crippen LogP contribution in [0.4, 0.5) is 0 Å². The second-order valence-corrected chi connectivity index (χ2v) is 9.31. The Morgan fingerprint density at radius 3 is 2.61 bits per heavy atom. The predicted molar refractivity (Wildman–Crippen MR) is 128 cm³/mol. The Morgan fingerprint density at radius 1 is 1.10 bits per heavy atom. The van der Waals surface area contributed by atoms with Gasteiger partial charge in [-0.05, 0) is 69.1 Å². The minimum Gasteiger partial charge on any atom is -0.288 e. The van der Waals surface area contributed by atoms with Crippen LogP contribution in [0.1, 0.15) is 80.2 Å². The minimum absolute atomic E-state index is 0.257. The van der Waals surface area contributed by atoms with Gasteiger partial charge in [0.2, 0.25) is 0 Å². The highest BCUT2D eigenvalue weighted by Crippen LogP contribution is 2.40. The molecule has 1 aliphatic heterocycles. The molecule has 1 aromatic carbocycles. The number of amides is 2. The van der Waals surface area contributed by atoms with Gasteiger partial charge in [-0.1, -0.05) is 79.2 Å². The van der Waals surface area contributed by atoms with Gasteiger partial charge in [0.05, 0.1) is 11.1 Å². The molecule has 31 heavy (non-hydrogen) atoms. The molecule has 3 nitrogen and oxygen atoms in total. The van der Waals surface area contributed by atoms with Crippen molar-refractivity contribution in [2.75, 3.05) is 0 Å². The topological polar surface area (TPSA) is 46.2 Å². The number of allylic oxidation sites excluding steroid dienone is 10. The number of hydrogen-bond acceptors (Lipinski definition) is 2.